The van der Waals surface area contributed by atoms with Crippen LogP contribution in [0.25, 0.3) is 0 Å². The van der Waals surface area contributed by atoms with E-state index in [1.807, 2.05) is 0 Å². The van der Waals surface area contributed by atoms with E-state index in [2.05, 4.69) is 16.0 Å². The minimum atomic E-state index is -0.920. The summed E-state index contributed by atoms with van der Waals surface area (Å²) < 4.78 is 10.5. The third kappa shape index (κ3) is 8.15. The first-order valence-electron chi connectivity index (χ1n) is 9.75. The first-order chi connectivity index (χ1) is 14.9. The lowest BCUT2D eigenvalue weighted by molar-refractivity contribution is -0.138. The maximum absolute atomic E-state index is 12.6. The molecule has 1 aliphatic heterocycles. The van der Waals surface area contributed by atoms with Gasteiger partial charge in [-0.2, -0.15) is 0 Å². The highest BCUT2D eigenvalue weighted by Crippen LogP contribution is 2.16. The fourth-order valence-corrected chi connectivity index (χ4v) is 2.78. The number of hydrogen-bond acceptors (Lipinski definition) is 8. The first kappa shape index (κ1) is 24.0. The zero-order valence-corrected chi connectivity index (χ0v) is 16.8. The number of carbonyl (C=O) groups excluding carboxylic acids is 4. The Morgan fingerprint density at radius 3 is 2.58 bits per heavy atom. The second-order valence-electron chi connectivity index (χ2n) is 6.69. The largest absolute Gasteiger partial charge is 0.481 e. The maximum Gasteiger partial charge on any atom is 0.305 e. The Morgan fingerprint density at radius 1 is 1.16 bits per heavy atom. The lowest BCUT2D eigenvalue weighted by Crippen LogP contribution is -2.52. The number of amides is 3. The number of hydrogen-bond donors (Lipinski definition) is 4. The summed E-state index contributed by atoms with van der Waals surface area (Å²) >= 11 is 0. The number of benzene rings is 1. The first-order valence-corrected chi connectivity index (χ1v) is 9.75. The Balaban J connectivity index is 1.80. The van der Waals surface area contributed by atoms with Crippen LogP contribution in [0.5, 0.6) is 0 Å². The van der Waals surface area contributed by atoms with E-state index in [0.717, 1.165) is 0 Å². The molecule has 11 nitrogen and oxygen atoms in total. The molecule has 0 aromatic heterocycles. The molecule has 31 heavy (non-hydrogen) atoms. The van der Waals surface area contributed by atoms with Crippen LogP contribution in [-0.4, -0.2) is 74.1 Å². The molecule has 11 heteroatoms. The summed E-state index contributed by atoms with van der Waals surface area (Å²) in [6, 6.07) is 3.79. The van der Waals surface area contributed by atoms with Gasteiger partial charge in [0.25, 0.3) is 5.91 Å². The summed E-state index contributed by atoms with van der Waals surface area (Å²) in [5, 5.41) is 16.3. The molecule has 1 fully saturated rings. The highest BCUT2D eigenvalue weighted by Gasteiger charge is 2.28. The third-order valence-corrected chi connectivity index (χ3v) is 4.38. The zero-order chi connectivity index (χ0) is 22.6. The minimum Gasteiger partial charge on any atom is -0.481 e. The molecule has 168 valence electrons. The lowest BCUT2D eigenvalue weighted by atomic mass is 10.0. The maximum atomic E-state index is 12.6. The highest BCUT2D eigenvalue weighted by molar-refractivity contribution is 6.06. The van der Waals surface area contributed by atoms with E-state index >= 15 is 0 Å². The SMILES string of the molecule is O=Cc1ccc(NCCOCCOCCC(=O)O)cc1C(=O)NC1CCC(=O)NC1=O. The van der Waals surface area contributed by atoms with E-state index in [1.54, 1.807) is 6.07 Å². The number of carboxylic acids is 1. The molecule has 1 aliphatic rings. The molecule has 0 bridgehead atoms. The van der Waals surface area contributed by atoms with Crippen molar-refractivity contribution in [2.75, 3.05) is 38.3 Å². The molecule has 3 amide bonds. The van der Waals surface area contributed by atoms with E-state index in [4.69, 9.17) is 14.6 Å². The van der Waals surface area contributed by atoms with Crippen LogP contribution in [0.15, 0.2) is 18.2 Å². The summed E-state index contributed by atoms with van der Waals surface area (Å²) in [5.74, 6) is -2.47. The second-order valence-corrected chi connectivity index (χ2v) is 6.69. The molecular formula is C20H25N3O8. The van der Waals surface area contributed by atoms with Crippen LogP contribution in [0.2, 0.25) is 0 Å². The van der Waals surface area contributed by atoms with E-state index in [-0.39, 0.29) is 49.5 Å². The molecule has 1 unspecified atom stereocenters. The molecular weight excluding hydrogens is 410 g/mol. The molecule has 0 radical (unpaired) electrons. The Bertz CT molecular complexity index is 827. The zero-order valence-electron chi connectivity index (χ0n) is 16.8. The van der Waals surface area contributed by atoms with Crippen molar-refractivity contribution in [2.45, 2.75) is 25.3 Å². The van der Waals surface area contributed by atoms with Gasteiger partial charge in [0, 0.05) is 24.2 Å². The van der Waals surface area contributed by atoms with Crippen molar-refractivity contribution in [3.63, 3.8) is 0 Å². The molecule has 1 heterocycles. The van der Waals surface area contributed by atoms with Gasteiger partial charge in [0.2, 0.25) is 11.8 Å². The summed E-state index contributed by atoms with van der Waals surface area (Å²) in [4.78, 5) is 57.3. The average molecular weight is 435 g/mol. The fraction of sp³-hybridized carbons (Fsp3) is 0.450. The molecule has 4 N–H and O–H groups in total. The van der Waals surface area contributed by atoms with Crippen molar-refractivity contribution in [3.05, 3.63) is 29.3 Å². The number of imide groups is 1. The molecule has 1 aromatic carbocycles. The van der Waals surface area contributed by atoms with Crippen LogP contribution in [0.1, 0.15) is 40.0 Å². The molecule has 2 rings (SSSR count). The van der Waals surface area contributed by atoms with E-state index < -0.39 is 23.8 Å². The normalized spacial score (nSPS) is 15.8. The van der Waals surface area contributed by atoms with Crippen LogP contribution in [0.4, 0.5) is 5.69 Å². The predicted molar refractivity (Wildman–Crippen MR) is 108 cm³/mol. The predicted octanol–water partition coefficient (Wildman–Crippen LogP) is -0.0461. The molecule has 0 spiro atoms. The molecule has 1 atom stereocenters. The van der Waals surface area contributed by atoms with Gasteiger partial charge >= 0.3 is 5.97 Å². The second kappa shape index (κ2) is 12.4. The Labute approximate surface area is 178 Å². The van der Waals surface area contributed by atoms with Crippen molar-refractivity contribution in [1.29, 1.82) is 0 Å². The summed E-state index contributed by atoms with van der Waals surface area (Å²) in [5.41, 5.74) is 0.864. The molecule has 1 saturated heterocycles. The Morgan fingerprint density at radius 2 is 1.90 bits per heavy atom. The number of rotatable bonds is 13. The van der Waals surface area contributed by atoms with Gasteiger partial charge in [0.15, 0.2) is 6.29 Å². The lowest BCUT2D eigenvalue weighted by Gasteiger charge is -2.22. The standard InChI is InChI=1S/C20H25N3O8/c24-12-13-1-2-14(21-6-8-31-10-9-30-7-5-18(26)27)11-15(13)19(28)22-16-3-4-17(25)23-20(16)29/h1-2,11-12,16,21H,3-10H2,(H,22,28)(H,26,27)(H,23,25,29). The fourth-order valence-electron chi connectivity index (χ4n) is 2.78. The van der Waals surface area contributed by atoms with Crippen molar-refractivity contribution >= 4 is 35.7 Å². The van der Waals surface area contributed by atoms with Gasteiger partial charge in [-0.15, -0.1) is 0 Å². The van der Waals surface area contributed by atoms with Gasteiger partial charge in [-0.1, -0.05) is 0 Å². The molecule has 0 saturated carbocycles. The quantitative estimate of drug-likeness (QED) is 0.189. The number of anilines is 1. The van der Waals surface area contributed by atoms with Crippen LogP contribution >= 0.6 is 0 Å². The van der Waals surface area contributed by atoms with Gasteiger partial charge < -0.3 is 25.2 Å². The van der Waals surface area contributed by atoms with E-state index in [9.17, 15) is 24.0 Å². The summed E-state index contributed by atoms with van der Waals surface area (Å²) in [7, 11) is 0. The van der Waals surface area contributed by atoms with Crippen molar-refractivity contribution in [3.8, 4) is 0 Å². The summed E-state index contributed by atoms with van der Waals surface area (Å²) in [6.45, 7) is 1.49. The average Bonchev–Trinajstić information content (AvgIpc) is 2.74. The van der Waals surface area contributed by atoms with Gasteiger partial charge in [0.1, 0.15) is 6.04 Å². The molecule has 0 aliphatic carbocycles. The molecule has 1 aromatic rings. The monoisotopic (exact) mass is 435 g/mol. The van der Waals surface area contributed by atoms with Crippen LogP contribution < -0.4 is 16.0 Å². The van der Waals surface area contributed by atoms with Gasteiger partial charge in [-0.25, -0.2) is 0 Å². The highest BCUT2D eigenvalue weighted by atomic mass is 16.5. The van der Waals surface area contributed by atoms with Gasteiger partial charge in [-0.05, 0) is 24.6 Å². The summed E-state index contributed by atoms with van der Waals surface area (Å²) in [6.07, 6.45) is 0.819. The van der Waals surface area contributed by atoms with Crippen molar-refractivity contribution < 1.29 is 38.6 Å². The number of aliphatic carboxylic acids is 1. The van der Waals surface area contributed by atoms with Crippen LogP contribution in [0, 0.1) is 0 Å². The van der Waals surface area contributed by atoms with Crippen LogP contribution in [0.3, 0.4) is 0 Å². The number of ether oxygens (including phenoxy) is 2. The van der Waals surface area contributed by atoms with Crippen molar-refractivity contribution in [2.24, 2.45) is 0 Å². The number of piperidine rings is 1. The third-order valence-electron chi connectivity index (χ3n) is 4.38. The number of aldehydes is 1. The van der Waals surface area contributed by atoms with E-state index in [1.165, 1.54) is 12.1 Å². The van der Waals surface area contributed by atoms with Crippen molar-refractivity contribution in [1.82, 2.24) is 10.6 Å². The smallest absolute Gasteiger partial charge is 0.305 e. The number of carbonyl (C=O) groups is 5. The Hall–Kier alpha value is -3.31. The number of nitrogens with one attached hydrogen (secondary N) is 3. The van der Waals surface area contributed by atoms with E-state index in [0.29, 0.717) is 31.7 Å². The van der Waals surface area contributed by atoms with Gasteiger partial charge in [0.05, 0.1) is 38.4 Å². The van der Waals surface area contributed by atoms with Crippen LogP contribution in [-0.2, 0) is 23.9 Å². The topological polar surface area (TPSA) is 160 Å². The number of carboxylic acid groups (broad SMARTS) is 1. The Kier molecular flexibility index (Phi) is 9.59. The van der Waals surface area contributed by atoms with Gasteiger partial charge in [-0.3, -0.25) is 29.3 Å². The minimum absolute atomic E-state index is 0.0577.